The minimum atomic E-state index is -0.809. The minimum absolute atomic E-state index is 0.112. The molecule has 4 heteroatoms. The zero-order valence-corrected chi connectivity index (χ0v) is 11.4. The maximum atomic E-state index is 10.6. The van der Waals surface area contributed by atoms with Gasteiger partial charge in [0.05, 0.1) is 0 Å². The van der Waals surface area contributed by atoms with Gasteiger partial charge in [-0.05, 0) is 29.3 Å². The summed E-state index contributed by atoms with van der Waals surface area (Å²) in [5.74, 6) is -0.809. The first kappa shape index (κ1) is 13.2. The molecule has 104 valence electrons. The molecule has 0 bridgehead atoms. The van der Waals surface area contributed by atoms with Gasteiger partial charge in [-0.1, -0.05) is 24.3 Å². The molecule has 0 aliphatic heterocycles. The van der Waals surface area contributed by atoms with Gasteiger partial charge in [-0.3, -0.25) is 4.79 Å². The van der Waals surface area contributed by atoms with Crippen LogP contribution in [0.1, 0.15) is 18.5 Å². The van der Waals surface area contributed by atoms with E-state index in [0.717, 1.165) is 21.5 Å². The molecule has 0 fully saturated rings. The number of aromatic nitrogens is 1. The van der Waals surface area contributed by atoms with Crippen LogP contribution in [-0.4, -0.2) is 15.6 Å². The van der Waals surface area contributed by atoms with Crippen LogP contribution < -0.4 is 0 Å². The van der Waals surface area contributed by atoms with E-state index in [0.29, 0.717) is 18.7 Å². The maximum absolute atomic E-state index is 10.6. The molecule has 1 N–H and O–H groups in total. The number of carboxylic acids is 1. The molecule has 21 heavy (non-hydrogen) atoms. The molecule has 3 aromatic rings. The Bertz CT molecular complexity index is 871. The molecule has 1 aromatic heterocycles. The van der Waals surface area contributed by atoms with Crippen LogP contribution in [0.4, 0.5) is 0 Å². The lowest BCUT2D eigenvalue weighted by Crippen LogP contribution is -2.02. The number of nitrogens with zero attached hydrogens (tertiary/aromatic N) is 2. The van der Waals surface area contributed by atoms with Crippen LogP contribution in [0.5, 0.6) is 0 Å². The number of carbonyl (C=O) groups is 1. The fraction of sp³-hybridized carbons (Fsp3) is 0.176. The second kappa shape index (κ2) is 5.29. The Morgan fingerprint density at radius 2 is 1.90 bits per heavy atom. The Morgan fingerprint density at radius 1 is 1.19 bits per heavy atom. The lowest BCUT2D eigenvalue weighted by molar-refractivity contribution is -0.137. The average molecular weight is 278 g/mol. The first-order valence-electron chi connectivity index (χ1n) is 6.82. The highest BCUT2D eigenvalue weighted by Crippen LogP contribution is 2.27. The number of rotatable bonds is 4. The van der Waals surface area contributed by atoms with E-state index in [4.69, 9.17) is 5.11 Å². The molecule has 0 unspecified atom stereocenters. The van der Waals surface area contributed by atoms with E-state index in [2.05, 4.69) is 12.1 Å². The van der Waals surface area contributed by atoms with Gasteiger partial charge in [0, 0.05) is 29.9 Å². The van der Waals surface area contributed by atoms with Gasteiger partial charge in [-0.2, -0.15) is 5.26 Å². The number of carboxylic acid groups (broad SMARTS) is 1. The van der Waals surface area contributed by atoms with Crippen LogP contribution in [-0.2, 0) is 11.3 Å². The molecule has 0 aliphatic carbocycles. The summed E-state index contributed by atoms with van der Waals surface area (Å²) in [4.78, 5) is 10.6. The van der Waals surface area contributed by atoms with Crippen LogP contribution in [0.2, 0.25) is 0 Å². The molecule has 0 saturated carbocycles. The van der Waals surface area contributed by atoms with Gasteiger partial charge >= 0.3 is 5.97 Å². The van der Waals surface area contributed by atoms with Crippen molar-refractivity contribution in [3.8, 4) is 6.07 Å². The predicted octanol–water partition coefficient (Wildman–Crippen LogP) is 3.53. The van der Waals surface area contributed by atoms with Gasteiger partial charge in [0.25, 0.3) is 0 Å². The van der Waals surface area contributed by atoms with Gasteiger partial charge in [-0.25, -0.2) is 0 Å². The second-order valence-electron chi connectivity index (χ2n) is 5.07. The van der Waals surface area contributed by atoms with Crippen molar-refractivity contribution in [2.75, 3.05) is 0 Å². The van der Waals surface area contributed by atoms with Crippen molar-refractivity contribution >= 4 is 27.5 Å². The molecular formula is C17H14N2O2. The monoisotopic (exact) mass is 278 g/mol. The van der Waals surface area contributed by atoms with E-state index in [9.17, 15) is 10.1 Å². The third-order valence-corrected chi connectivity index (χ3v) is 3.65. The highest BCUT2D eigenvalue weighted by molar-refractivity contribution is 6.00. The number of hydrogen-bond donors (Lipinski definition) is 1. The summed E-state index contributed by atoms with van der Waals surface area (Å²) in [6.45, 7) is 0.542. The average Bonchev–Trinajstić information content (AvgIpc) is 2.80. The SMILES string of the molecule is N#Cc1c2cc3ccccc3cc2cn1CCCC(=O)O. The van der Waals surface area contributed by atoms with Crippen molar-refractivity contribution in [1.82, 2.24) is 4.57 Å². The van der Waals surface area contributed by atoms with Crippen LogP contribution in [0.3, 0.4) is 0 Å². The van der Waals surface area contributed by atoms with Crippen LogP contribution in [0.25, 0.3) is 21.5 Å². The summed E-state index contributed by atoms with van der Waals surface area (Å²) in [5, 5.41) is 22.3. The lowest BCUT2D eigenvalue weighted by Gasteiger charge is -2.02. The number of fused-ring (bicyclic) bond motifs is 2. The summed E-state index contributed by atoms with van der Waals surface area (Å²) in [6.07, 6.45) is 2.56. The normalized spacial score (nSPS) is 10.8. The molecule has 0 aliphatic rings. The summed E-state index contributed by atoms with van der Waals surface area (Å²) >= 11 is 0. The van der Waals surface area contributed by atoms with Gasteiger partial charge in [0.2, 0.25) is 0 Å². The Morgan fingerprint density at radius 3 is 2.57 bits per heavy atom. The van der Waals surface area contributed by atoms with Gasteiger partial charge in [-0.15, -0.1) is 0 Å². The van der Waals surface area contributed by atoms with E-state index in [-0.39, 0.29) is 6.42 Å². The van der Waals surface area contributed by atoms with Crippen molar-refractivity contribution < 1.29 is 9.90 Å². The smallest absolute Gasteiger partial charge is 0.303 e. The van der Waals surface area contributed by atoms with Crippen molar-refractivity contribution in [3.05, 3.63) is 48.3 Å². The Kier molecular flexibility index (Phi) is 3.33. The molecule has 1 heterocycles. The molecule has 0 radical (unpaired) electrons. The summed E-state index contributed by atoms with van der Waals surface area (Å²) in [7, 11) is 0. The van der Waals surface area contributed by atoms with Crippen molar-refractivity contribution in [2.45, 2.75) is 19.4 Å². The summed E-state index contributed by atoms with van der Waals surface area (Å²) < 4.78 is 1.85. The molecule has 0 atom stereocenters. The number of aryl methyl sites for hydroxylation is 1. The molecule has 0 spiro atoms. The number of benzene rings is 2. The van der Waals surface area contributed by atoms with E-state index >= 15 is 0 Å². The van der Waals surface area contributed by atoms with Crippen molar-refractivity contribution in [3.63, 3.8) is 0 Å². The first-order valence-corrected chi connectivity index (χ1v) is 6.82. The van der Waals surface area contributed by atoms with Gasteiger partial charge in [0.15, 0.2) is 0 Å². The minimum Gasteiger partial charge on any atom is -0.481 e. The van der Waals surface area contributed by atoms with Crippen LogP contribution in [0.15, 0.2) is 42.6 Å². The molecule has 4 nitrogen and oxygen atoms in total. The number of aliphatic carboxylic acids is 1. The zero-order valence-electron chi connectivity index (χ0n) is 11.4. The largest absolute Gasteiger partial charge is 0.481 e. The van der Waals surface area contributed by atoms with Crippen LogP contribution in [0, 0.1) is 11.3 Å². The number of hydrogen-bond acceptors (Lipinski definition) is 2. The summed E-state index contributed by atoms with van der Waals surface area (Å²) in [6, 6.07) is 14.4. The Labute approximate surface area is 121 Å². The molecule has 3 rings (SSSR count). The predicted molar refractivity (Wildman–Crippen MR) is 81.0 cm³/mol. The molecule has 2 aromatic carbocycles. The van der Waals surface area contributed by atoms with Gasteiger partial charge in [0.1, 0.15) is 11.8 Å². The van der Waals surface area contributed by atoms with Gasteiger partial charge < -0.3 is 9.67 Å². The maximum Gasteiger partial charge on any atom is 0.303 e. The lowest BCUT2D eigenvalue weighted by atomic mass is 10.1. The molecular weight excluding hydrogens is 264 g/mol. The second-order valence-corrected chi connectivity index (χ2v) is 5.07. The Hall–Kier alpha value is -2.80. The number of nitriles is 1. The zero-order chi connectivity index (χ0) is 14.8. The van der Waals surface area contributed by atoms with Crippen molar-refractivity contribution in [2.24, 2.45) is 0 Å². The van der Waals surface area contributed by atoms with Crippen molar-refractivity contribution in [1.29, 1.82) is 5.26 Å². The van der Waals surface area contributed by atoms with E-state index < -0.39 is 5.97 Å². The highest BCUT2D eigenvalue weighted by atomic mass is 16.4. The highest BCUT2D eigenvalue weighted by Gasteiger charge is 2.10. The van der Waals surface area contributed by atoms with E-state index in [1.165, 1.54) is 0 Å². The first-order chi connectivity index (χ1) is 10.2. The van der Waals surface area contributed by atoms with E-state index in [1.807, 2.05) is 41.1 Å². The molecule has 0 saturated heterocycles. The third-order valence-electron chi connectivity index (χ3n) is 3.65. The standard InChI is InChI=1S/C17H14N2O2/c18-10-16-15-9-13-5-2-1-4-12(13)8-14(15)11-19(16)7-3-6-17(20)21/h1-2,4-5,8-9,11H,3,6-7H2,(H,20,21). The topological polar surface area (TPSA) is 66.0 Å². The third kappa shape index (κ3) is 2.46. The Balaban J connectivity index is 2.07. The fourth-order valence-corrected chi connectivity index (χ4v) is 2.66. The fourth-order valence-electron chi connectivity index (χ4n) is 2.66. The van der Waals surface area contributed by atoms with E-state index in [1.54, 1.807) is 0 Å². The summed E-state index contributed by atoms with van der Waals surface area (Å²) in [5.41, 5.74) is 0.598. The molecule has 0 amide bonds. The quantitative estimate of drug-likeness (QED) is 0.793. The van der Waals surface area contributed by atoms with Crippen LogP contribution >= 0.6 is 0 Å².